The predicted octanol–water partition coefficient (Wildman–Crippen LogP) is 3.35. The van der Waals surface area contributed by atoms with Crippen molar-refractivity contribution >= 4 is 0 Å². The molecule has 1 aliphatic rings. The summed E-state index contributed by atoms with van der Waals surface area (Å²) >= 11 is 0. The molecule has 1 aromatic rings. The van der Waals surface area contributed by atoms with Crippen LogP contribution in [0.1, 0.15) is 13.3 Å². The van der Waals surface area contributed by atoms with E-state index in [9.17, 15) is 13.2 Å². The normalized spacial score (nSPS) is 26.8. The standard InChI is InChI=1S/C13H15F3O3/c1-2-12(8-17-10-6-4-3-5-7-10)9-18-11(12)19-13(14,15)16/h3-7,11H,2,8-9H2,1H3. The average Bonchev–Trinajstić information content (AvgIpc) is 2.36. The van der Waals surface area contributed by atoms with E-state index in [1.165, 1.54) is 0 Å². The van der Waals surface area contributed by atoms with Gasteiger partial charge in [-0.05, 0) is 18.6 Å². The van der Waals surface area contributed by atoms with Gasteiger partial charge in [-0.25, -0.2) is 0 Å². The molecule has 2 unspecified atom stereocenters. The lowest BCUT2D eigenvalue weighted by molar-refractivity contribution is -0.437. The van der Waals surface area contributed by atoms with Gasteiger partial charge in [0, 0.05) is 0 Å². The molecular formula is C13H15F3O3. The van der Waals surface area contributed by atoms with E-state index in [4.69, 9.17) is 9.47 Å². The lowest BCUT2D eigenvalue weighted by Crippen LogP contribution is -2.57. The van der Waals surface area contributed by atoms with Crippen molar-refractivity contribution in [3.05, 3.63) is 30.3 Å². The van der Waals surface area contributed by atoms with Gasteiger partial charge in [-0.1, -0.05) is 25.1 Å². The van der Waals surface area contributed by atoms with Gasteiger partial charge in [0.25, 0.3) is 0 Å². The number of hydrogen-bond donors (Lipinski definition) is 0. The van der Waals surface area contributed by atoms with Crippen LogP contribution in [0.2, 0.25) is 0 Å². The van der Waals surface area contributed by atoms with Crippen LogP contribution < -0.4 is 4.74 Å². The van der Waals surface area contributed by atoms with Gasteiger partial charge in [0.2, 0.25) is 0 Å². The van der Waals surface area contributed by atoms with Gasteiger partial charge in [-0.2, -0.15) is 0 Å². The van der Waals surface area contributed by atoms with E-state index in [2.05, 4.69) is 4.74 Å². The summed E-state index contributed by atoms with van der Waals surface area (Å²) in [7, 11) is 0. The predicted molar refractivity (Wildman–Crippen MR) is 61.5 cm³/mol. The van der Waals surface area contributed by atoms with Gasteiger partial charge in [0.05, 0.1) is 12.0 Å². The minimum atomic E-state index is -4.70. The SMILES string of the molecule is CCC1(COc2ccccc2)COC1OC(F)(F)F. The zero-order valence-corrected chi connectivity index (χ0v) is 10.4. The highest BCUT2D eigenvalue weighted by Crippen LogP contribution is 2.42. The lowest BCUT2D eigenvalue weighted by Gasteiger charge is -2.47. The fourth-order valence-electron chi connectivity index (χ4n) is 1.89. The minimum Gasteiger partial charge on any atom is -0.493 e. The van der Waals surface area contributed by atoms with E-state index in [0.717, 1.165) is 0 Å². The van der Waals surface area contributed by atoms with Crippen LogP contribution in [0.15, 0.2) is 30.3 Å². The Bertz CT molecular complexity index is 403. The molecule has 0 aromatic heterocycles. The van der Waals surface area contributed by atoms with E-state index >= 15 is 0 Å². The Morgan fingerprint density at radius 1 is 1.32 bits per heavy atom. The molecule has 0 amide bonds. The first kappa shape index (κ1) is 14.1. The number of benzene rings is 1. The second-order valence-electron chi connectivity index (χ2n) is 4.52. The van der Waals surface area contributed by atoms with Gasteiger partial charge in [0.15, 0.2) is 6.29 Å². The largest absolute Gasteiger partial charge is 0.524 e. The first-order valence-corrected chi connectivity index (χ1v) is 5.99. The topological polar surface area (TPSA) is 27.7 Å². The molecule has 106 valence electrons. The summed E-state index contributed by atoms with van der Waals surface area (Å²) in [6, 6.07) is 8.94. The summed E-state index contributed by atoms with van der Waals surface area (Å²) in [4.78, 5) is 0. The molecule has 1 fully saturated rings. The number of hydrogen-bond acceptors (Lipinski definition) is 3. The summed E-state index contributed by atoms with van der Waals surface area (Å²) in [5.74, 6) is 0.619. The Hall–Kier alpha value is -1.27. The van der Waals surface area contributed by atoms with E-state index in [1.807, 2.05) is 6.07 Å². The third kappa shape index (κ3) is 3.39. The molecule has 1 heterocycles. The van der Waals surface area contributed by atoms with Crippen LogP contribution >= 0.6 is 0 Å². The van der Waals surface area contributed by atoms with Crippen LogP contribution in [0, 0.1) is 5.41 Å². The summed E-state index contributed by atoms with van der Waals surface area (Å²) < 4.78 is 51.0. The fraction of sp³-hybridized carbons (Fsp3) is 0.538. The third-order valence-corrected chi connectivity index (χ3v) is 3.24. The van der Waals surface area contributed by atoms with Crippen LogP contribution in [0.3, 0.4) is 0 Å². The molecule has 6 heteroatoms. The molecule has 19 heavy (non-hydrogen) atoms. The van der Waals surface area contributed by atoms with Gasteiger partial charge < -0.3 is 9.47 Å². The second-order valence-corrected chi connectivity index (χ2v) is 4.52. The number of alkyl halides is 3. The van der Waals surface area contributed by atoms with E-state index < -0.39 is 18.1 Å². The fourth-order valence-corrected chi connectivity index (χ4v) is 1.89. The quantitative estimate of drug-likeness (QED) is 0.825. The number of para-hydroxylation sites is 1. The average molecular weight is 276 g/mol. The molecule has 1 saturated heterocycles. The molecule has 3 nitrogen and oxygen atoms in total. The number of rotatable bonds is 5. The van der Waals surface area contributed by atoms with Crippen LogP contribution in [-0.4, -0.2) is 25.9 Å². The van der Waals surface area contributed by atoms with Crippen molar-refractivity contribution in [2.45, 2.75) is 26.0 Å². The van der Waals surface area contributed by atoms with Crippen LogP contribution in [-0.2, 0) is 9.47 Å². The Balaban J connectivity index is 1.95. The Morgan fingerprint density at radius 2 is 2.00 bits per heavy atom. The molecule has 1 aromatic carbocycles. The van der Waals surface area contributed by atoms with Crippen molar-refractivity contribution in [2.75, 3.05) is 13.2 Å². The highest BCUT2D eigenvalue weighted by Gasteiger charge is 2.53. The Labute approximate surface area is 109 Å². The summed E-state index contributed by atoms with van der Waals surface area (Å²) in [5, 5.41) is 0. The first-order chi connectivity index (χ1) is 8.95. The molecule has 2 rings (SSSR count). The van der Waals surface area contributed by atoms with Crippen LogP contribution in [0.4, 0.5) is 13.2 Å². The molecule has 0 saturated carbocycles. The maximum absolute atomic E-state index is 12.2. The summed E-state index contributed by atoms with van der Waals surface area (Å²) in [6.07, 6.45) is -5.50. The molecule has 0 aliphatic carbocycles. The summed E-state index contributed by atoms with van der Waals surface area (Å²) in [6.45, 7) is 2.13. The maximum atomic E-state index is 12.2. The molecule has 2 atom stereocenters. The molecular weight excluding hydrogens is 261 g/mol. The molecule has 0 bridgehead atoms. The monoisotopic (exact) mass is 276 g/mol. The zero-order valence-electron chi connectivity index (χ0n) is 10.4. The third-order valence-electron chi connectivity index (χ3n) is 3.24. The van der Waals surface area contributed by atoms with Crippen molar-refractivity contribution in [3.8, 4) is 5.75 Å². The number of ether oxygens (including phenoxy) is 3. The Kier molecular flexibility index (Phi) is 4.01. The smallest absolute Gasteiger partial charge is 0.493 e. The van der Waals surface area contributed by atoms with Crippen molar-refractivity contribution in [3.63, 3.8) is 0 Å². The molecule has 0 N–H and O–H groups in total. The Morgan fingerprint density at radius 3 is 2.47 bits per heavy atom. The van der Waals surface area contributed by atoms with Gasteiger partial charge in [-0.3, -0.25) is 4.74 Å². The van der Waals surface area contributed by atoms with E-state index in [0.29, 0.717) is 12.2 Å². The molecule has 0 spiro atoms. The second kappa shape index (κ2) is 5.38. The van der Waals surface area contributed by atoms with Crippen molar-refractivity contribution in [1.82, 2.24) is 0 Å². The van der Waals surface area contributed by atoms with Gasteiger partial charge >= 0.3 is 6.36 Å². The highest BCUT2D eigenvalue weighted by molar-refractivity contribution is 5.21. The van der Waals surface area contributed by atoms with Gasteiger partial charge in [0.1, 0.15) is 12.4 Å². The van der Waals surface area contributed by atoms with Crippen molar-refractivity contribution in [2.24, 2.45) is 5.41 Å². The molecule has 0 radical (unpaired) electrons. The number of halogens is 3. The van der Waals surface area contributed by atoms with Crippen LogP contribution in [0.25, 0.3) is 0 Å². The maximum Gasteiger partial charge on any atom is 0.524 e. The van der Waals surface area contributed by atoms with Crippen molar-refractivity contribution < 1.29 is 27.4 Å². The zero-order chi connectivity index (χ0) is 13.9. The van der Waals surface area contributed by atoms with Crippen LogP contribution in [0.5, 0.6) is 5.75 Å². The van der Waals surface area contributed by atoms with Crippen molar-refractivity contribution in [1.29, 1.82) is 0 Å². The van der Waals surface area contributed by atoms with E-state index in [1.54, 1.807) is 31.2 Å². The lowest BCUT2D eigenvalue weighted by atomic mass is 9.82. The highest BCUT2D eigenvalue weighted by atomic mass is 19.4. The summed E-state index contributed by atoms with van der Waals surface area (Å²) in [5.41, 5.74) is -0.745. The minimum absolute atomic E-state index is 0.133. The molecule has 1 aliphatic heterocycles. The van der Waals surface area contributed by atoms with Gasteiger partial charge in [-0.15, -0.1) is 13.2 Å². The first-order valence-electron chi connectivity index (χ1n) is 5.99. The van der Waals surface area contributed by atoms with E-state index in [-0.39, 0.29) is 13.2 Å².